The molecule has 0 saturated carbocycles. The molecule has 13 heavy (non-hydrogen) atoms. The van der Waals surface area contributed by atoms with E-state index in [2.05, 4.69) is 6.92 Å². The quantitative estimate of drug-likeness (QED) is 0.369. The fourth-order valence-corrected chi connectivity index (χ4v) is 1.19. The van der Waals surface area contributed by atoms with Gasteiger partial charge in [-0.15, -0.1) is 0 Å². The maximum atomic E-state index is 11.0. The molecule has 0 bridgehead atoms. The molecule has 2 atom stereocenters. The number of ether oxygens (including phenoxy) is 2. The van der Waals surface area contributed by atoms with Crippen LogP contribution >= 0.6 is 0 Å². The molecule has 3 nitrogen and oxygen atoms in total. The molecule has 0 aromatic rings. The molecular formula is C10H16O3. The van der Waals surface area contributed by atoms with Crippen LogP contribution in [0, 0.1) is 5.92 Å². The Labute approximate surface area is 78.7 Å². The van der Waals surface area contributed by atoms with Gasteiger partial charge in [0.1, 0.15) is 0 Å². The van der Waals surface area contributed by atoms with Crippen molar-refractivity contribution in [1.82, 2.24) is 0 Å². The van der Waals surface area contributed by atoms with Crippen molar-refractivity contribution in [2.45, 2.75) is 26.4 Å². The van der Waals surface area contributed by atoms with Gasteiger partial charge in [-0.05, 0) is 13.3 Å². The lowest BCUT2D eigenvalue weighted by Gasteiger charge is -2.10. The molecule has 1 saturated heterocycles. The van der Waals surface area contributed by atoms with Crippen LogP contribution in [-0.4, -0.2) is 25.3 Å². The fraction of sp³-hybridized carbons (Fsp3) is 0.700. The summed E-state index contributed by atoms with van der Waals surface area (Å²) in [6.07, 6.45) is 4.42. The van der Waals surface area contributed by atoms with Crippen LogP contribution in [-0.2, 0) is 14.3 Å². The monoisotopic (exact) mass is 184 g/mol. The molecule has 3 heteroatoms. The summed E-state index contributed by atoms with van der Waals surface area (Å²) in [5.41, 5.74) is 0. The lowest BCUT2D eigenvalue weighted by atomic mass is 10.0. The van der Waals surface area contributed by atoms with Gasteiger partial charge in [0.25, 0.3) is 0 Å². The third-order valence-electron chi connectivity index (χ3n) is 2.15. The molecular weight excluding hydrogens is 168 g/mol. The van der Waals surface area contributed by atoms with Crippen LogP contribution in [0.4, 0.5) is 0 Å². The highest BCUT2D eigenvalue weighted by molar-refractivity contribution is 5.81. The number of hydrogen-bond donors (Lipinski definition) is 0. The van der Waals surface area contributed by atoms with E-state index in [9.17, 15) is 4.79 Å². The first kappa shape index (κ1) is 10.3. The minimum atomic E-state index is -0.262. The normalized spacial score (nSPS) is 23.1. The number of rotatable bonds is 5. The molecule has 0 amide bonds. The molecule has 1 aliphatic rings. The van der Waals surface area contributed by atoms with E-state index < -0.39 is 0 Å². The van der Waals surface area contributed by atoms with Crippen LogP contribution < -0.4 is 0 Å². The Morgan fingerprint density at radius 1 is 1.77 bits per heavy atom. The average molecular weight is 184 g/mol. The van der Waals surface area contributed by atoms with Crippen molar-refractivity contribution in [2.75, 3.05) is 13.2 Å². The molecule has 0 aliphatic carbocycles. The Morgan fingerprint density at radius 3 is 2.92 bits per heavy atom. The summed E-state index contributed by atoms with van der Waals surface area (Å²) in [5, 5.41) is 0. The third-order valence-corrected chi connectivity index (χ3v) is 2.15. The van der Waals surface area contributed by atoms with E-state index in [-0.39, 0.29) is 5.97 Å². The van der Waals surface area contributed by atoms with E-state index in [1.165, 1.54) is 6.08 Å². The Hall–Kier alpha value is -0.830. The Morgan fingerprint density at radius 2 is 2.46 bits per heavy atom. The van der Waals surface area contributed by atoms with Gasteiger partial charge < -0.3 is 9.47 Å². The van der Waals surface area contributed by atoms with Gasteiger partial charge in [-0.3, -0.25) is 0 Å². The Kier molecular flexibility index (Phi) is 3.96. The number of allylic oxidation sites excluding steroid dienone is 1. The predicted octanol–water partition coefficient (Wildman–Crippen LogP) is 1.53. The maximum absolute atomic E-state index is 11.0. The number of epoxide rings is 1. The zero-order chi connectivity index (χ0) is 9.68. The maximum Gasteiger partial charge on any atom is 0.330 e. The summed E-state index contributed by atoms with van der Waals surface area (Å²) in [6, 6.07) is 0. The van der Waals surface area contributed by atoms with Crippen LogP contribution in [0.15, 0.2) is 12.2 Å². The van der Waals surface area contributed by atoms with Gasteiger partial charge in [-0.25, -0.2) is 4.79 Å². The van der Waals surface area contributed by atoms with Crippen molar-refractivity contribution in [3.05, 3.63) is 12.2 Å². The van der Waals surface area contributed by atoms with Crippen LogP contribution in [0.5, 0.6) is 0 Å². The van der Waals surface area contributed by atoms with E-state index >= 15 is 0 Å². The van der Waals surface area contributed by atoms with Crippen molar-refractivity contribution < 1.29 is 14.3 Å². The van der Waals surface area contributed by atoms with E-state index in [1.54, 1.807) is 13.0 Å². The van der Waals surface area contributed by atoms with Crippen LogP contribution in [0.2, 0.25) is 0 Å². The fourth-order valence-electron chi connectivity index (χ4n) is 1.19. The summed E-state index contributed by atoms with van der Waals surface area (Å²) in [5.74, 6) is 0.107. The van der Waals surface area contributed by atoms with Gasteiger partial charge in [0.2, 0.25) is 0 Å². The summed E-state index contributed by atoms with van der Waals surface area (Å²) >= 11 is 0. The first-order valence-corrected chi connectivity index (χ1v) is 4.69. The molecule has 0 aromatic carbocycles. The lowest BCUT2D eigenvalue weighted by molar-refractivity contribution is -0.139. The number of esters is 1. The van der Waals surface area contributed by atoms with Gasteiger partial charge >= 0.3 is 5.97 Å². The van der Waals surface area contributed by atoms with Crippen LogP contribution in [0.25, 0.3) is 0 Å². The molecule has 74 valence electrons. The lowest BCUT2D eigenvalue weighted by Crippen LogP contribution is -2.17. The van der Waals surface area contributed by atoms with E-state index in [0.29, 0.717) is 18.6 Å². The molecule has 2 unspecified atom stereocenters. The van der Waals surface area contributed by atoms with E-state index in [0.717, 1.165) is 13.0 Å². The largest absolute Gasteiger partial charge is 0.462 e. The Bertz CT molecular complexity index is 194. The zero-order valence-electron chi connectivity index (χ0n) is 8.16. The van der Waals surface area contributed by atoms with Crippen molar-refractivity contribution in [1.29, 1.82) is 0 Å². The summed E-state index contributed by atoms with van der Waals surface area (Å²) in [4.78, 5) is 11.0. The van der Waals surface area contributed by atoms with Crippen molar-refractivity contribution >= 4 is 5.97 Å². The molecule has 0 spiro atoms. The molecule has 0 radical (unpaired) electrons. The number of hydrogen-bond acceptors (Lipinski definition) is 3. The second kappa shape index (κ2) is 5.02. The molecule has 1 rings (SSSR count). The predicted molar refractivity (Wildman–Crippen MR) is 49.3 cm³/mol. The van der Waals surface area contributed by atoms with Crippen LogP contribution in [0.3, 0.4) is 0 Å². The summed E-state index contributed by atoms with van der Waals surface area (Å²) in [7, 11) is 0. The van der Waals surface area contributed by atoms with Crippen molar-refractivity contribution in [3.63, 3.8) is 0 Å². The van der Waals surface area contributed by atoms with Crippen molar-refractivity contribution in [2.24, 2.45) is 5.92 Å². The van der Waals surface area contributed by atoms with E-state index in [4.69, 9.17) is 9.47 Å². The van der Waals surface area contributed by atoms with Gasteiger partial charge in [0.15, 0.2) is 0 Å². The molecule has 1 aliphatic heterocycles. The first-order valence-electron chi connectivity index (χ1n) is 4.69. The Balaban J connectivity index is 2.18. The average Bonchev–Trinajstić information content (AvgIpc) is 2.90. The molecule has 1 fully saturated rings. The van der Waals surface area contributed by atoms with Gasteiger partial charge in [-0.2, -0.15) is 0 Å². The third kappa shape index (κ3) is 3.59. The minimum absolute atomic E-state index is 0.262. The first-order chi connectivity index (χ1) is 6.27. The van der Waals surface area contributed by atoms with E-state index in [1.807, 2.05) is 0 Å². The second-order valence-corrected chi connectivity index (χ2v) is 3.17. The second-order valence-electron chi connectivity index (χ2n) is 3.17. The number of carbonyl (C=O) groups is 1. The highest BCUT2D eigenvalue weighted by Crippen LogP contribution is 2.23. The summed E-state index contributed by atoms with van der Waals surface area (Å²) in [6.45, 7) is 5.17. The highest BCUT2D eigenvalue weighted by atomic mass is 16.6. The van der Waals surface area contributed by atoms with Gasteiger partial charge in [0.05, 0.1) is 19.3 Å². The smallest absolute Gasteiger partial charge is 0.330 e. The minimum Gasteiger partial charge on any atom is -0.462 e. The zero-order valence-corrected chi connectivity index (χ0v) is 8.16. The molecule has 0 N–H and O–H groups in total. The summed E-state index contributed by atoms with van der Waals surface area (Å²) < 4.78 is 10.2. The van der Waals surface area contributed by atoms with Crippen molar-refractivity contribution in [3.8, 4) is 0 Å². The molecule has 1 heterocycles. The SMILES string of the molecule is CC=CC(=O)OCC(CC)C1CO1. The number of carbonyl (C=O) groups excluding carboxylic acids is 1. The topological polar surface area (TPSA) is 38.8 Å². The van der Waals surface area contributed by atoms with Crippen LogP contribution in [0.1, 0.15) is 20.3 Å². The highest BCUT2D eigenvalue weighted by Gasteiger charge is 2.32. The standard InChI is InChI=1S/C10H16O3/c1-3-5-10(11)13-6-8(4-2)9-7-12-9/h3,5,8-9H,4,6-7H2,1-2H3. The molecule has 0 aromatic heterocycles. The van der Waals surface area contributed by atoms with Gasteiger partial charge in [-0.1, -0.05) is 13.0 Å². The van der Waals surface area contributed by atoms with Gasteiger partial charge in [0, 0.05) is 12.0 Å².